The quantitative estimate of drug-likeness (QED) is 0.265. The highest BCUT2D eigenvalue weighted by Gasteiger charge is 2.45. The van der Waals surface area contributed by atoms with Gasteiger partial charge in [-0.1, -0.05) is 12.8 Å². The van der Waals surface area contributed by atoms with E-state index < -0.39 is 49.6 Å². The van der Waals surface area contributed by atoms with Crippen molar-refractivity contribution in [1.82, 2.24) is 19.5 Å². The Morgan fingerprint density at radius 1 is 1.37 bits per heavy atom. The van der Waals surface area contributed by atoms with Crippen molar-refractivity contribution in [2.45, 2.75) is 68.7 Å². The van der Waals surface area contributed by atoms with Crippen LogP contribution in [0.4, 0.5) is 10.2 Å². The number of rotatable bonds is 10. The van der Waals surface area contributed by atoms with Crippen molar-refractivity contribution in [2.24, 2.45) is 5.92 Å². The Hall–Kier alpha value is -2.16. The second-order valence-corrected chi connectivity index (χ2v) is 9.42. The standard InChI is InChI=1S/C21H29ClFN5O7/c22-20-26-16(24)15-17(27-20)28(9-25-15)18-14(23)5-13(35-18)7-34-21(19(31)32,8-33-10-29)6-11-2-1-3-12(30)4-11/h9,11-14,18,29-30H,1-8,10H2,(H,31,32)(H2,24,26,27)/t11?,12?,13-,14-,18+,21?/m0/s1. The van der Waals surface area contributed by atoms with E-state index >= 15 is 0 Å². The topological polar surface area (TPSA) is 175 Å². The molecule has 2 aliphatic rings. The number of nitrogen functional groups attached to an aromatic ring is 1. The zero-order valence-corrected chi connectivity index (χ0v) is 19.7. The lowest BCUT2D eigenvalue weighted by Gasteiger charge is -2.35. The van der Waals surface area contributed by atoms with Crippen molar-refractivity contribution < 1.29 is 38.7 Å². The molecule has 1 aliphatic heterocycles. The number of halogens is 2. The molecule has 1 saturated carbocycles. The Labute approximate surface area is 205 Å². The zero-order chi connectivity index (χ0) is 25.2. The van der Waals surface area contributed by atoms with Crippen molar-refractivity contribution in [2.75, 3.05) is 25.7 Å². The van der Waals surface area contributed by atoms with E-state index in [2.05, 4.69) is 15.0 Å². The van der Waals surface area contributed by atoms with E-state index in [1.807, 2.05) is 0 Å². The largest absolute Gasteiger partial charge is 0.479 e. The predicted molar refractivity (Wildman–Crippen MR) is 120 cm³/mol. The van der Waals surface area contributed by atoms with E-state index in [1.165, 1.54) is 10.9 Å². The molecule has 3 heterocycles. The molecule has 0 aromatic carbocycles. The van der Waals surface area contributed by atoms with E-state index in [0.29, 0.717) is 12.8 Å². The number of alkyl halides is 1. The second kappa shape index (κ2) is 10.8. The number of fused-ring (bicyclic) bond motifs is 1. The van der Waals surface area contributed by atoms with Crippen LogP contribution in [0.25, 0.3) is 11.2 Å². The summed E-state index contributed by atoms with van der Waals surface area (Å²) in [5.74, 6) is -1.31. The first-order chi connectivity index (χ1) is 16.7. The molecule has 6 atom stereocenters. The summed E-state index contributed by atoms with van der Waals surface area (Å²) in [6.07, 6.45) is 0.161. The Morgan fingerprint density at radius 3 is 2.89 bits per heavy atom. The number of imidazole rings is 1. The van der Waals surface area contributed by atoms with Crippen LogP contribution in [0.2, 0.25) is 5.28 Å². The van der Waals surface area contributed by atoms with Gasteiger partial charge in [0.25, 0.3) is 0 Å². The molecule has 35 heavy (non-hydrogen) atoms. The summed E-state index contributed by atoms with van der Waals surface area (Å²) in [5, 5.41) is 29.0. The third-order valence-corrected chi connectivity index (χ3v) is 6.73. The SMILES string of the molecule is Nc1nc(Cl)nc2c1ncn2[C@@H]1O[C@H](COC(COCO)(CC2CCCC(O)C2)C(=O)O)C[C@@H]1F. The summed E-state index contributed by atoms with van der Waals surface area (Å²) in [6.45, 7) is -1.30. The average Bonchev–Trinajstić information content (AvgIpc) is 3.38. The molecule has 5 N–H and O–H groups in total. The van der Waals surface area contributed by atoms with Crippen LogP contribution >= 0.6 is 11.6 Å². The van der Waals surface area contributed by atoms with Gasteiger partial charge in [0.05, 0.1) is 31.7 Å². The van der Waals surface area contributed by atoms with Crippen LogP contribution in [0.3, 0.4) is 0 Å². The second-order valence-electron chi connectivity index (χ2n) is 9.08. The Bertz CT molecular complexity index is 1040. The number of aliphatic carboxylic acids is 1. The van der Waals surface area contributed by atoms with E-state index in [-0.39, 0.29) is 47.6 Å². The number of aliphatic hydroxyl groups is 2. The molecular weight excluding hydrogens is 489 g/mol. The number of hydrogen-bond donors (Lipinski definition) is 4. The number of nitrogens with two attached hydrogens (primary N) is 1. The summed E-state index contributed by atoms with van der Waals surface area (Å²) in [6, 6.07) is 0. The first kappa shape index (κ1) is 25.9. The predicted octanol–water partition coefficient (Wildman–Crippen LogP) is 1.44. The van der Waals surface area contributed by atoms with E-state index in [4.69, 9.17) is 36.7 Å². The van der Waals surface area contributed by atoms with Gasteiger partial charge in [-0.2, -0.15) is 9.97 Å². The van der Waals surface area contributed by atoms with Crippen molar-refractivity contribution in [1.29, 1.82) is 0 Å². The van der Waals surface area contributed by atoms with Gasteiger partial charge in [-0.05, 0) is 36.8 Å². The van der Waals surface area contributed by atoms with Gasteiger partial charge < -0.3 is 35.3 Å². The fourth-order valence-electron chi connectivity index (χ4n) is 4.90. The number of carboxylic acid groups (broad SMARTS) is 1. The number of aliphatic hydroxyl groups excluding tert-OH is 2. The highest BCUT2D eigenvalue weighted by Crippen LogP contribution is 2.37. The van der Waals surface area contributed by atoms with Gasteiger partial charge >= 0.3 is 5.97 Å². The molecule has 2 aromatic rings. The Kier molecular flexibility index (Phi) is 8.03. The van der Waals surface area contributed by atoms with E-state index in [1.54, 1.807) is 0 Å². The normalized spacial score (nSPS) is 28.9. The fourth-order valence-corrected chi connectivity index (χ4v) is 5.07. The van der Waals surface area contributed by atoms with Crippen LogP contribution in [0, 0.1) is 5.92 Å². The first-order valence-electron chi connectivity index (χ1n) is 11.4. The third-order valence-electron chi connectivity index (χ3n) is 6.56. The molecule has 0 bridgehead atoms. The molecule has 12 nitrogen and oxygen atoms in total. The number of anilines is 1. The van der Waals surface area contributed by atoms with Crippen molar-refractivity contribution in [3.63, 3.8) is 0 Å². The summed E-state index contributed by atoms with van der Waals surface area (Å²) in [7, 11) is 0. The van der Waals surface area contributed by atoms with E-state index in [9.17, 15) is 19.4 Å². The molecule has 4 rings (SSSR count). The molecule has 1 saturated heterocycles. The monoisotopic (exact) mass is 517 g/mol. The lowest BCUT2D eigenvalue weighted by atomic mass is 9.79. The Morgan fingerprint density at radius 2 is 2.17 bits per heavy atom. The fraction of sp³-hybridized carbons (Fsp3) is 0.714. The molecule has 0 radical (unpaired) electrons. The number of ether oxygens (including phenoxy) is 3. The smallest absolute Gasteiger partial charge is 0.338 e. The number of carboxylic acids is 1. The first-order valence-corrected chi connectivity index (χ1v) is 11.8. The summed E-state index contributed by atoms with van der Waals surface area (Å²) in [5.41, 5.74) is 4.50. The van der Waals surface area contributed by atoms with Crippen LogP contribution in [0.15, 0.2) is 6.33 Å². The minimum atomic E-state index is -1.78. The van der Waals surface area contributed by atoms with Crippen molar-refractivity contribution in [3.05, 3.63) is 11.6 Å². The van der Waals surface area contributed by atoms with Gasteiger partial charge in [0.1, 0.15) is 18.5 Å². The van der Waals surface area contributed by atoms with Gasteiger partial charge in [-0.25, -0.2) is 14.2 Å². The van der Waals surface area contributed by atoms with Crippen LogP contribution in [-0.2, 0) is 19.0 Å². The number of nitrogens with zero attached hydrogens (tertiary/aromatic N) is 4. The lowest BCUT2D eigenvalue weighted by Crippen LogP contribution is -2.49. The minimum Gasteiger partial charge on any atom is -0.479 e. The maximum atomic E-state index is 15.0. The van der Waals surface area contributed by atoms with Crippen molar-refractivity contribution >= 4 is 34.6 Å². The van der Waals surface area contributed by atoms with Gasteiger partial charge in [0.2, 0.25) is 5.28 Å². The van der Waals surface area contributed by atoms with Gasteiger partial charge in [-0.3, -0.25) is 4.57 Å². The molecular formula is C21H29ClFN5O7. The van der Waals surface area contributed by atoms with Gasteiger partial charge in [0.15, 0.2) is 23.3 Å². The third kappa shape index (κ3) is 5.65. The Balaban J connectivity index is 1.48. The zero-order valence-electron chi connectivity index (χ0n) is 18.9. The maximum Gasteiger partial charge on any atom is 0.338 e. The summed E-state index contributed by atoms with van der Waals surface area (Å²) < 4.78 is 33.1. The van der Waals surface area contributed by atoms with Crippen LogP contribution < -0.4 is 5.73 Å². The molecule has 2 aromatic heterocycles. The molecule has 2 fully saturated rings. The van der Waals surface area contributed by atoms with Gasteiger partial charge in [0, 0.05) is 6.42 Å². The molecule has 0 spiro atoms. The summed E-state index contributed by atoms with van der Waals surface area (Å²) in [4.78, 5) is 24.3. The maximum absolute atomic E-state index is 15.0. The highest BCUT2D eigenvalue weighted by molar-refractivity contribution is 6.28. The molecule has 194 valence electrons. The molecule has 3 unspecified atom stereocenters. The molecule has 14 heteroatoms. The molecule has 1 aliphatic carbocycles. The van der Waals surface area contributed by atoms with Crippen LogP contribution in [0.1, 0.15) is 44.8 Å². The van der Waals surface area contributed by atoms with E-state index in [0.717, 1.165) is 12.8 Å². The summed E-state index contributed by atoms with van der Waals surface area (Å²) >= 11 is 5.89. The van der Waals surface area contributed by atoms with Crippen LogP contribution in [0.5, 0.6) is 0 Å². The van der Waals surface area contributed by atoms with Gasteiger partial charge in [-0.15, -0.1) is 0 Å². The van der Waals surface area contributed by atoms with Crippen LogP contribution in [-0.4, -0.2) is 84.8 Å². The number of carbonyl (C=O) groups is 1. The number of aromatic nitrogens is 4. The number of hydrogen-bond acceptors (Lipinski definition) is 10. The lowest BCUT2D eigenvalue weighted by molar-refractivity contribution is -0.191. The highest BCUT2D eigenvalue weighted by atomic mass is 35.5. The molecule has 0 amide bonds. The average molecular weight is 518 g/mol. The van der Waals surface area contributed by atoms with Crippen molar-refractivity contribution in [3.8, 4) is 0 Å². The minimum absolute atomic E-state index is 0.0509.